The molecule has 2 aromatic rings. The third-order valence-corrected chi connectivity index (χ3v) is 2.73. The van der Waals surface area contributed by atoms with E-state index in [0.29, 0.717) is 0 Å². The average Bonchev–Trinajstić information content (AvgIpc) is 2.57. The van der Waals surface area contributed by atoms with E-state index < -0.39 is 0 Å². The highest BCUT2D eigenvalue weighted by atomic mass is 15.5. The van der Waals surface area contributed by atoms with Crippen LogP contribution in [0.4, 0.5) is 0 Å². The first-order valence-electron chi connectivity index (χ1n) is 4.99. The van der Waals surface area contributed by atoms with Crippen LogP contribution in [0.2, 0.25) is 0 Å². The molecule has 1 heterocycles. The van der Waals surface area contributed by atoms with Gasteiger partial charge in [-0.3, -0.25) is 5.84 Å². The van der Waals surface area contributed by atoms with E-state index in [0.717, 1.165) is 0 Å². The molecule has 1 unspecified atom stereocenters. The van der Waals surface area contributed by atoms with Crippen molar-refractivity contribution < 1.29 is 0 Å². The van der Waals surface area contributed by atoms with E-state index in [4.69, 9.17) is 5.84 Å². The molecule has 0 aliphatic carbocycles. The molecular weight excluding hydrogens is 188 g/mol. The molecule has 4 nitrogen and oxygen atoms in total. The van der Waals surface area contributed by atoms with Crippen LogP contribution in [-0.4, -0.2) is 4.57 Å². The summed E-state index contributed by atoms with van der Waals surface area (Å²) in [6.07, 6.45) is 0. The molecule has 0 spiro atoms. The zero-order valence-corrected chi connectivity index (χ0v) is 8.99. The number of hydrogen-bond acceptors (Lipinski definition) is 3. The van der Waals surface area contributed by atoms with Gasteiger partial charge in [-0.15, -0.1) is 0 Å². The molecule has 0 bridgehead atoms. The number of aromatic nitrogens is 1. The van der Waals surface area contributed by atoms with Gasteiger partial charge in [0.2, 0.25) is 0 Å². The predicted octanol–water partition coefficient (Wildman–Crippen LogP) is 1.21. The molecule has 1 aromatic heterocycles. The molecule has 1 aromatic carbocycles. The summed E-state index contributed by atoms with van der Waals surface area (Å²) in [5, 5.41) is 1.25. The maximum absolute atomic E-state index is 5.24. The minimum absolute atomic E-state index is 0.174. The SMILES string of the molecule is CC(NNN)c1cc2ccccc2n1C. The smallest absolute Gasteiger partial charge is 0.0599 e. The molecular formula is C11H16N4. The van der Waals surface area contributed by atoms with Gasteiger partial charge in [-0.2, -0.15) is 5.53 Å². The molecule has 15 heavy (non-hydrogen) atoms. The highest BCUT2D eigenvalue weighted by Crippen LogP contribution is 2.22. The molecule has 0 saturated carbocycles. The van der Waals surface area contributed by atoms with Gasteiger partial charge >= 0.3 is 0 Å². The van der Waals surface area contributed by atoms with Crippen LogP contribution in [0.5, 0.6) is 0 Å². The van der Waals surface area contributed by atoms with Crippen molar-refractivity contribution in [3.05, 3.63) is 36.0 Å². The summed E-state index contributed by atoms with van der Waals surface area (Å²) in [5.41, 5.74) is 7.88. The summed E-state index contributed by atoms with van der Waals surface area (Å²) in [7, 11) is 2.06. The summed E-state index contributed by atoms with van der Waals surface area (Å²) in [4.78, 5) is 0. The Morgan fingerprint density at radius 2 is 2.07 bits per heavy atom. The molecule has 80 valence electrons. The Labute approximate surface area is 89.0 Å². The quantitative estimate of drug-likeness (QED) is 0.520. The molecule has 0 saturated heterocycles. The van der Waals surface area contributed by atoms with E-state index in [1.807, 2.05) is 12.1 Å². The summed E-state index contributed by atoms with van der Waals surface area (Å²) >= 11 is 0. The monoisotopic (exact) mass is 204 g/mol. The molecule has 4 heteroatoms. The van der Waals surface area contributed by atoms with E-state index >= 15 is 0 Å². The molecule has 4 N–H and O–H groups in total. The van der Waals surface area contributed by atoms with Gasteiger partial charge in [0.25, 0.3) is 0 Å². The summed E-state index contributed by atoms with van der Waals surface area (Å²) in [5.74, 6) is 5.24. The van der Waals surface area contributed by atoms with Gasteiger partial charge in [0, 0.05) is 18.3 Å². The van der Waals surface area contributed by atoms with Gasteiger partial charge in [-0.25, -0.2) is 5.43 Å². The largest absolute Gasteiger partial charge is 0.346 e. The van der Waals surface area contributed by atoms with E-state index in [1.54, 1.807) is 0 Å². The Balaban J connectivity index is 2.48. The van der Waals surface area contributed by atoms with Gasteiger partial charge in [-0.1, -0.05) is 18.2 Å². The normalized spacial score (nSPS) is 13.3. The van der Waals surface area contributed by atoms with Crippen LogP contribution in [0.25, 0.3) is 10.9 Å². The van der Waals surface area contributed by atoms with Crippen LogP contribution in [0.1, 0.15) is 18.7 Å². The minimum atomic E-state index is 0.174. The van der Waals surface area contributed by atoms with Crippen LogP contribution in [0.3, 0.4) is 0 Å². The third kappa shape index (κ3) is 1.74. The second kappa shape index (κ2) is 4.02. The lowest BCUT2D eigenvalue weighted by Gasteiger charge is -2.13. The number of hydrogen-bond donors (Lipinski definition) is 3. The molecule has 0 aliphatic rings. The van der Waals surface area contributed by atoms with Crippen molar-refractivity contribution in [1.82, 2.24) is 15.5 Å². The zero-order valence-electron chi connectivity index (χ0n) is 8.99. The number of rotatable bonds is 3. The van der Waals surface area contributed by atoms with Crippen molar-refractivity contribution in [2.24, 2.45) is 12.9 Å². The molecule has 0 fully saturated rings. The Morgan fingerprint density at radius 3 is 2.73 bits per heavy atom. The number of nitrogens with one attached hydrogen (secondary N) is 2. The third-order valence-electron chi connectivity index (χ3n) is 2.73. The molecule has 0 radical (unpaired) electrons. The van der Waals surface area contributed by atoms with E-state index in [1.165, 1.54) is 16.6 Å². The van der Waals surface area contributed by atoms with E-state index in [-0.39, 0.29) is 6.04 Å². The Kier molecular flexibility index (Phi) is 2.73. The molecule has 1 atom stereocenters. The fourth-order valence-electron chi connectivity index (χ4n) is 1.92. The summed E-state index contributed by atoms with van der Waals surface area (Å²) in [6, 6.07) is 10.7. The van der Waals surface area contributed by atoms with Crippen LogP contribution in [-0.2, 0) is 7.05 Å². The lowest BCUT2D eigenvalue weighted by Crippen LogP contribution is -2.39. The number of hydrazine groups is 2. The van der Waals surface area contributed by atoms with Crippen LogP contribution in [0.15, 0.2) is 30.3 Å². The lowest BCUT2D eigenvalue weighted by molar-refractivity contribution is 0.460. The first-order chi connectivity index (χ1) is 7.24. The molecule has 0 aliphatic heterocycles. The zero-order chi connectivity index (χ0) is 10.8. The second-order valence-electron chi connectivity index (χ2n) is 3.70. The summed E-state index contributed by atoms with van der Waals surface area (Å²) in [6.45, 7) is 2.06. The number of aryl methyl sites for hydroxylation is 1. The van der Waals surface area contributed by atoms with Gasteiger partial charge in [-0.05, 0) is 24.4 Å². The van der Waals surface area contributed by atoms with Crippen molar-refractivity contribution in [3.63, 3.8) is 0 Å². The maximum Gasteiger partial charge on any atom is 0.0599 e. The van der Waals surface area contributed by atoms with Crippen molar-refractivity contribution >= 4 is 10.9 Å². The van der Waals surface area contributed by atoms with Crippen molar-refractivity contribution in [2.75, 3.05) is 0 Å². The topological polar surface area (TPSA) is 55.0 Å². The minimum Gasteiger partial charge on any atom is -0.346 e. The standard InChI is InChI=1S/C11H16N4/c1-8(13-14-12)11-7-9-5-3-4-6-10(9)15(11)2/h3-8,13-14H,12H2,1-2H3. The Hall–Kier alpha value is -1.36. The van der Waals surface area contributed by atoms with Crippen LogP contribution >= 0.6 is 0 Å². The predicted molar refractivity (Wildman–Crippen MR) is 61.8 cm³/mol. The lowest BCUT2D eigenvalue weighted by atomic mass is 10.2. The van der Waals surface area contributed by atoms with Gasteiger partial charge in [0.15, 0.2) is 0 Å². The van der Waals surface area contributed by atoms with Crippen molar-refractivity contribution in [2.45, 2.75) is 13.0 Å². The first-order valence-corrected chi connectivity index (χ1v) is 4.99. The Morgan fingerprint density at radius 1 is 1.33 bits per heavy atom. The number of nitrogens with zero attached hydrogens (tertiary/aromatic N) is 1. The number of nitrogens with two attached hydrogens (primary N) is 1. The van der Waals surface area contributed by atoms with Gasteiger partial charge in [0.1, 0.15) is 0 Å². The van der Waals surface area contributed by atoms with Gasteiger partial charge < -0.3 is 4.57 Å². The summed E-state index contributed by atoms with van der Waals surface area (Å²) < 4.78 is 2.17. The number of fused-ring (bicyclic) bond motifs is 1. The van der Waals surface area contributed by atoms with Gasteiger partial charge in [0.05, 0.1) is 6.04 Å². The van der Waals surface area contributed by atoms with Crippen LogP contribution in [0, 0.1) is 0 Å². The van der Waals surface area contributed by atoms with E-state index in [2.05, 4.69) is 47.7 Å². The highest BCUT2D eigenvalue weighted by Gasteiger charge is 2.10. The van der Waals surface area contributed by atoms with E-state index in [9.17, 15) is 0 Å². The van der Waals surface area contributed by atoms with Crippen molar-refractivity contribution in [1.29, 1.82) is 0 Å². The molecule has 2 rings (SSSR count). The Bertz CT molecular complexity index is 461. The maximum atomic E-state index is 5.24. The number of benzene rings is 1. The fourth-order valence-corrected chi connectivity index (χ4v) is 1.92. The number of para-hydroxylation sites is 1. The van der Waals surface area contributed by atoms with Crippen molar-refractivity contribution in [3.8, 4) is 0 Å². The fraction of sp³-hybridized carbons (Fsp3) is 0.273. The second-order valence-corrected chi connectivity index (χ2v) is 3.70. The first kappa shape index (κ1) is 10.2. The molecule has 0 amide bonds. The van der Waals surface area contributed by atoms with Crippen LogP contribution < -0.4 is 16.8 Å². The average molecular weight is 204 g/mol. The highest BCUT2D eigenvalue weighted by molar-refractivity contribution is 5.81.